The Hall–Kier alpha value is 0.177. The van der Waals surface area contributed by atoms with Crippen molar-refractivity contribution in [2.24, 2.45) is 5.41 Å². The molecule has 0 saturated heterocycles. The Bertz CT molecular complexity index is 283. The third kappa shape index (κ3) is 3.01. The molecule has 2 heteroatoms. The molecule has 0 heterocycles. The Morgan fingerprint density at radius 2 is 1.72 bits per heavy atom. The van der Waals surface area contributed by atoms with Crippen LogP contribution >= 0.6 is 0 Å². The molecule has 106 valence electrons. The maximum Gasteiger partial charge on any atom is 0.184 e. The van der Waals surface area contributed by atoms with Gasteiger partial charge in [-0.25, -0.2) is 0 Å². The van der Waals surface area contributed by atoms with Crippen LogP contribution in [0.1, 0.15) is 71.1 Å². The molecule has 2 rings (SSSR count). The molecule has 2 aliphatic carbocycles. The van der Waals surface area contributed by atoms with Crippen LogP contribution in [0.15, 0.2) is 0 Å². The number of hydrogen-bond donors (Lipinski definition) is 0. The van der Waals surface area contributed by atoms with Gasteiger partial charge in [-0.15, -0.1) is 0 Å². The van der Waals surface area contributed by atoms with E-state index >= 15 is 0 Å². The van der Waals surface area contributed by atoms with E-state index in [0.717, 1.165) is 0 Å². The molecule has 1 nitrogen and oxygen atoms in total. The van der Waals surface area contributed by atoms with Crippen molar-refractivity contribution >= 4 is 8.32 Å². The summed E-state index contributed by atoms with van der Waals surface area (Å²) in [4.78, 5) is 0. The van der Waals surface area contributed by atoms with Crippen LogP contribution in [0, 0.1) is 5.41 Å². The van der Waals surface area contributed by atoms with Gasteiger partial charge in [0.2, 0.25) is 0 Å². The lowest BCUT2D eigenvalue weighted by Crippen LogP contribution is -2.38. The van der Waals surface area contributed by atoms with Crippen LogP contribution in [-0.2, 0) is 4.43 Å². The Morgan fingerprint density at radius 3 is 2.39 bits per heavy atom. The van der Waals surface area contributed by atoms with Gasteiger partial charge in [0.25, 0.3) is 0 Å². The number of hydrogen-bond acceptors (Lipinski definition) is 1. The zero-order valence-corrected chi connectivity index (χ0v) is 14.0. The van der Waals surface area contributed by atoms with Crippen molar-refractivity contribution in [3.8, 4) is 0 Å². The van der Waals surface area contributed by atoms with E-state index in [0.29, 0.717) is 11.0 Å². The van der Waals surface area contributed by atoms with Gasteiger partial charge >= 0.3 is 0 Å². The largest absolute Gasteiger partial charge is 0.412 e. The van der Waals surface area contributed by atoms with E-state index in [9.17, 15) is 0 Å². The number of unbranched alkanes of at least 4 members (excludes halogenated alkanes) is 3. The molecule has 2 fully saturated rings. The zero-order chi connectivity index (χ0) is 13.3. The van der Waals surface area contributed by atoms with Gasteiger partial charge in [0.05, 0.1) is 5.60 Å². The molecule has 0 aromatic carbocycles. The monoisotopic (exact) mass is 268 g/mol. The van der Waals surface area contributed by atoms with E-state index in [1.807, 2.05) is 0 Å². The second-order valence-corrected chi connectivity index (χ2v) is 12.1. The highest BCUT2D eigenvalue weighted by atomic mass is 28.4. The molecule has 0 spiro atoms. The third-order valence-electron chi connectivity index (χ3n) is 4.96. The summed E-state index contributed by atoms with van der Waals surface area (Å²) in [5.41, 5.74) is 0.946. The van der Waals surface area contributed by atoms with Crippen LogP contribution in [0.25, 0.3) is 0 Å². The summed E-state index contributed by atoms with van der Waals surface area (Å²) < 4.78 is 6.64. The van der Waals surface area contributed by atoms with Crippen LogP contribution in [0.4, 0.5) is 0 Å². The predicted molar refractivity (Wildman–Crippen MR) is 81.4 cm³/mol. The lowest BCUT2D eigenvalue weighted by molar-refractivity contribution is 0.0744. The van der Waals surface area contributed by atoms with Gasteiger partial charge in [0.1, 0.15) is 0 Å². The SMILES string of the molecule is CCCCCCC12CCCCC1(O[Si](C)(C)C)C2. The molecule has 2 atom stereocenters. The van der Waals surface area contributed by atoms with Crippen molar-refractivity contribution in [2.75, 3.05) is 0 Å². The second kappa shape index (κ2) is 5.28. The van der Waals surface area contributed by atoms with Gasteiger partial charge in [0, 0.05) is 5.41 Å². The second-order valence-electron chi connectivity index (χ2n) is 7.68. The molecule has 2 saturated carbocycles. The van der Waals surface area contributed by atoms with Gasteiger partial charge in [-0.2, -0.15) is 0 Å². The molecule has 0 N–H and O–H groups in total. The van der Waals surface area contributed by atoms with E-state index in [2.05, 4.69) is 26.6 Å². The molecule has 0 aromatic heterocycles. The van der Waals surface area contributed by atoms with Gasteiger partial charge in [-0.05, 0) is 45.3 Å². The minimum absolute atomic E-state index is 0.335. The van der Waals surface area contributed by atoms with E-state index in [1.165, 1.54) is 64.2 Å². The molecule has 0 bridgehead atoms. The lowest BCUT2D eigenvalue weighted by atomic mass is 9.82. The Balaban J connectivity index is 1.90. The standard InChI is InChI=1S/C16H32OSi/c1-5-6-7-8-11-15-12-9-10-13-16(15,14-15)17-18(2,3)4/h5-14H2,1-4H3. The molecule has 0 aromatic rings. The predicted octanol–water partition coefficient (Wildman–Crippen LogP) is 5.51. The lowest BCUT2D eigenvalue weighted by Gasteiger charge is -2.35. The van der Waals surface area contributed by atoms with Crippen LogP contribution in [0.5, 0.6) is 0 Å². The average molecular weight is 269 g/mol. The highest BCUT2D eigenvalue weighted by Gasteiger charge is 2.68. The number of fused-ring (bicyclic) bond motifs is 1. The summed E-state index contributed by atoms with van der Waals surface area (Å²) in [5, 5.41) is 0. The van der Waals surface area contributed by atoms with Crippen molar-refractivity contribution in [2.45, 2.75) is 96.4 Å². The van der Waals surface area contributed by atoms with Crippen molar-refractivity contribution in [1.29, 1.82) is 0 Å². The first kappa shape index (κ1) is 14.6. The van der Waals surface area contributed by atoms with Gasteiger partial charge in [-0.3, -0.25) is 0 Å². The molecule has 2 unspecified atom stereocenters. The summed E-state index contributed by atoms with van der Waals surface area (Å²) >= 11 is 0. The Kier molecular flexibility index (Phi) is 4.28. The fraction of sp³-hybridized carbons (Fsp3) is 1.00. The van der Waals surface area contributed by atoms with Crippen molar-refractivity contribution in [3.63, 3.8) is 0 Å². The minimum atomic E-state index is -1.38. The molecular weight excluding hydrogens is 236 g/mol. The van der Waals surface area contributed by atoms with Crippen molar-refractivity contribution < 1.29 is 4.43 Å². The third-order valence-corrected chi connectivity index (χ3v) is 5.96. The fourth-order valence-corrected chi connectivity index (χ4v) is 5.72. The molecule has 18 heavy (non-hydrogen) atoms. The molecule has 0 aliphatic heterocycles. The highest BCUT2D eigenvalue weighted by molar-refractivity contribution is 6.69. The molecule has 2 aliphatic rings. The quantitative estimate of drug-likeness (QED) is 0.437. The van der Waals surface area contributed by atoms with E-state index < -0.39 is 8.32 Å². The maximum absolute atomic E-state index is 6.64. The van der Waals surface area contributed by atoms with Crippen LogP contribution in [0.3, 0.4) is 0 Å². The Morgan fingerprint density at radius 1 is 1.00 bits per heavy atom. The van der Waals surface area contributed by atoms with E-state index in [4.69, 9.17) is 4.43 Å². The Labute approximate surface area is 115 Å². The molecule has 0 radical (unpaired) electrons. The van der Waals surface area contributed by atoms with Crippen molar-refractivity contribution in [1.82, 2.24) is 0 Å². The first-order valence-electron chi connectivity index (χ1n) is 8.13. The first-order chi connectivity index (χ1) is 8.43. The fourth-order valence-electron chi connectivity index (χ4n) is 4.16. The van der Waals surface area contributed by atoms with E-state index in [-0.39, 0.29) is 0 Å². The van der Waals surface area contributed by atoms with Crippen molar-refractivity contribution in [3.05, 3.63) is 0 Å². The van der Waals surface area contributed by atoms with E-state index in [1.54, 1.807) is 0 Å². The summed E-state index contributed by atoms with van der Waals surface area (Å²) in [7, 11) is -1.38. The maximum atomic E-state index is 6.64. The highest BCUT2D eigenvalue weighted by Crippen LogP contribution is 2.69. The van der Waals surface area contributed by atoms with Gasteiger partial charge in [-0.1, -0.05) is 45.4 Å². The average Bonchev–Trinajstić information content (AvgIpc) is 2.90. The molecular formula is C16H32OSi. The molecule has 0 amide bonds. The van der Waals surface area contributed by atoms with Gasteiger partial charge < -0.3 is 4.43 Å². The summed E-state index contributed by atoms with van der Waals surface area (Å²) in [5.74, 6) is 0. The first-order valence-corrected chi connectivity index (χ1v) is 11.5. The summed E-state index contributed by atoms with van der Waals surface area (Å²) in [6.45, 7) is 9.37. The normalized spacial score (nSPS) is 35.3. The number of rotatable bonds is 7. The van der Waals surface area contributed by atoms with Crippen LogP contribution < -0.4 is 0 Å². The van der Waals surface area contributed by atoms with Crippen LogP contribution in [-0.4, -0.2) is 13.9 Å². The zero-order valence-electron chi connectivity index (χ0n) is 13.0. The summed E-state index contributed by atoms with van der Waals surface area (Å²) in [6, 6.07) is 0. The van der Waals surface area contributed by atoms with Gasteiger partial charge in [0.15, 0.2) is 8.32 Å². The topological polar surface area (TPSA) is 9.23 Å². The van der Waals surface area contributed by atoms with Crippen LogP contribution in [0.2, 0.25) is 19.6 Å². The smallest absolute Gasteiger partial charge is 0.184 e. The summed E-state index contributed by atoms with van der Waals surface area (Å²) in [6.07, 6.45) is 14.1. The minimum Gasteiger partial charge on any atom is -0.412 e.